The summed E-state index contributed by atoms with van der Waals surface area (Å²) in [6, 6.07) is 5.03. The number of hydrogen-bond acceptors (Lipinski definition) is 2. The molecule has 1 aromatic carbocycles. The molecule has 0 spiro atoms. The maximum Gasteiger partial charge on any atom is 0.186 e. The SMILES string of the molecule is CCCN(CCC)[C@@H]1CCc2c(ccc3c2C(=O)C=C3)C1. The minimum Gasteiger partial charge on any atom is -0.300 e. The van der Waals surface area contributed by atoms with Crippen LogP contribution in [-0.4, -0.2) is 29.8 Å². The lowest BCUT2D eigenvalue weighted by Crippen LogP contribution is -2.40. The second kappa shape index (κ2) is 6.15. The summed E-state index contributed by atoms with van der Waals surface area (Å²) in [5.41, 5.74) is 4.84. The topological polar surface area (TPSA) is 20.3 Å². The molecule has 0 saturated carbocycles. The fraction of sp³-hybridized carbons (Fsp3) is 0.526. The Morgan fingerprint density at radius 1 is 1.14 bits per heavy atom. The summed E-state index contributed by atoms with van der Waals surface area (Å²) in [6.07, 6.45) is 9.47. The Morgan fingerprint density at radius 2 is 1.90 bits per heavy atom. The molecule has 21 heavy (non-hydrogen) atoms. The number of rotatable bonds is 5. The van der Waals surface area contributed by atoms with Crippen molar-refractivity contribution in [2.75, 3.05) is 13.1 Å². The van der Waals surface area contributed by atoms with Gasteiger partial charge in [-0.3, -0.25) is 4.79 Å². The highest BCUT2D eigenvalue weighted by Crippen LogP contribution is 2.32. The Hall–Kier alpha value is -1.41. The molecule has 1 atom stereocenters. The zero-order chi connectivity index (χ0) is 14.8. The van der Waals surface area contributed by atoms with Crippen molar-refractivity contribution in [1.29, 1.82) is 0 Å². The van der Waals surface area contributed by atoms with Crippen LogP contribution in [0.4, 0.5) is 0 Å². The normalized spacial score (nSPS) is 20.0. The number of carbonyl (C=O) groups excluding carboxylic acids is 1. The van der Waals surface area contributed by atoms with Crippen molar-refractivity contribution in [3.8, 4) is 0 Å². The van der Waals surface area contributed by atoms with E-state index in [1.807, 2.05) is 6.08 Å². The van der Waals surface area contributed by atoms with Gasteiger partial charge in [0.25, 0.3) is 0 Å². The zero-order valence-electron chi connectivity index (χ0n) is 13.2. The predicted octanol–water partition coefficient (Wildman–Crippen LogP) is 3.88. The molecule has 1 aromatic rings. The van der Waals surface area contributed by atoms with Gasteiger partial charge in [-0.2, -0.15) is 0 Å². The first-order valence-electron chi connectivity index (χ1n) is 8.35. The Bertz CT molecular complexity index is 567. The van der Waals surface area contributed by atoms with Gasteiger partial charge in [0.1, 0.15) is 0 Å². The van der Waals surface area contributed by atoms with E-state index in [-0.39, 0.29) is 5.78 Å². The van der Waals surface area contributed by atoms with Gasteiger partial charge in [-0.25, -0.2) is 0 Å². The van der Waals surface area contributed by atoms with Gasteiger partial charge in [0.15, 0.2) is 5.78 Å². The number of carbonyl (C=O) groups is 1. The first-order chi connectivity index (χ1) is 10.2. The van der Waals surface area contributed by atoms with Crippen LogP contribution in [0.2, 0.25) is 0 Å². The van der Waals surface area contributed by atoms with E-state index in [1.54, 1.807) is 6.08 Å². The van der Waals surface area contributed by atoms with E-state index in [4.69, 9.17) is 0 Å². The van der Waals surface area contributed by atoms with Gasteiger partial charge >= 0.3 is 0 Å². The number of fused-ring (bicyclic) bond motifs is 3. The van der Waals surface area contributed by atoms with Gasteiger partial charge in [-0.15, -0.1) is 0 Å². The predicted molar refractivity (Wildman–Crippen MR) is 87.8 cm³/mol. The molecule has 0 radical (unpaired) electrons. The van der Waals surface area contributed by atoms with E-state index in [0.29, 0.717) is 6.04 Å². The average Bonchev–Trinajstić information content (AvgIpc) is 2.88. The van der Waals surface area contributed by atoms with Crippen LogP contribution in [0.25, 0.3) is 6.08 Å². The lowest BCUT2D eigenvalue weighted by Gasteiger charge is -2.35. The van der Waals surface area contributed by atoms with Crippen LogP contribution in [0, 0.1) is 0 Å². The highest BCUT2D eigenvalue weighted by atomic mass is 16.1. The Balaban J connectivity index is 1.84. The molecule has 2 heteroatoms. The first-order valence-corrected chi connectivity index (χ1v) is 8.35. The van der Waals surface area contributed by atoms with E-state index in [9.17, 15) is 4.79 Å². The fourth-order valence-electron chi connectivity index (χ4n) is 3.89. The minimum atomic E-state index is 0.208. The molecular weight excluding hydrogens is 258 g/mol. The number of hydrogen-bond donors (Lipinski definition) is 0. The molecule has 0 amide bonds. The summed E-state index contributed by atoms with van der Waals surface area (Å²) in [6.45, 7) is 6.91. The molecule has 112 valence electrons. The van der Waals surface area contributed by atoms with Gasteiger partial charge in [0, 0.05) is 11.6 Å². The Labute approximate surface area is 127 Å². The van der Waals surface area contributed by atoms with Crippen LogP contribution >= 0.6 is 0 Å². The van der Waals surface area contributed by atoms with Gasteiger partial charge in [-0.05, 0) is 68.0 Å². The second-order valence-electron chi connectivity index (χ2n) is 6.30. The smallest absolute Gasteiger partial charge is 0.186 e. The van der Waals surface area contributed by atoms with Crippen molar-refractivity contribution in [2.24, 2.45) is 0 Å². The largest absolute Gasteiger partial charge is 0.300 e. The molecule has 2 aliphatic carbocycles. The lowest BCUT2D eigenvalue weighted by molar-refractivity contribution is 0.104. The van der Waals surface area contributed by atoms with E-state index in [0.717, 1.165) is 24.0 Å². The van der Waals surface area contributed by atoms with E-state index in [2.05, 4.69) is 30.9 Å². The average molecular weight is 283 g/mol. The summed E-state index contributed by atoms with van der Waals surface area (Å²) in [7, 11) is 0. The summed E-state index contributed by atoms with van der Waals surface area (Å²) in [4.78, 5) is 14.7. The molecule has 2 aliphatic rings. The van der Waals surface area contributed by atoms with Crippen LogP contribution in [0.5, 0.6) is 0 Å². The molecular formula is C19H25NO. The first kappa shape index (κ1) is 14.5. The third kappa shape index (κ3) is 2.69. The summed E-state index contributed by atoms with van der Waals surface area (Å²) < 4.78 is 0. The Morgan fingerprint density at radius 3 is 2.62 bits per heavy atom. The zero-order valence-corrected chi connectivity index (χ0v) is 13.2. The number of allylic oxidation sites excluding steroid dienone is 1. The molecule has 0 N–H and O–H groups in total. The molecule has 0 saturated heterocycles. The van der Waals surface area contributed by atoms with Crippen molar-refractivity contribution >= 4 is 11.9 Å². The van der Waals surface area contributed by atoms with E-state index >= 15 is 0 Å². The summed E-state index contributed by atoms with van der Waals surface area (Å²) in [5.74, 6) is 0.208. The van der Waals surface area contributed by atoms with Crippen molar-refractivity contribution in [3.05, 3.63) is 40.5 Å². The van der Waals surface area contributed by atoms with Crippen LogP contribution in [-0.2, 0) is 12.8 Å². The minimum absolute atomic E-state index is 0.208. The van der Waals surface area contributed by atoms with Crippen LogP contribution < -0.4 is 0 Å². The molecule has 0 bridgehead atoms. The highest BCUT2D eigenvalue weighted by molar-refractivity contribution is 6.14. The van der Waals surface area contributed by atoms with Gasteiger partial charge in [0.2, 0.25) is 0 Å². The van der Waals surface area contributed by atoms with Crippen molar-refractivity contribution in [3.63, 3.8) is 0 Å². The maximum atomic E-state index is 12.1. The second-order valence-corrected chi connectivity index (χ2v) is 6.30. The molecule has 0 aliphatic heterocycles. The maximum absolute atomic E-state index is 12.1. The number of benzene rings is 1. The van der Waals surface area contributed by atoms with Crippen molar-refractivity contribution < 1.29 is 4.79 Å². The molecule has 3 rings (SSSR count). The van der Waals surface area contributed by atoms with Gasteiger partial charge < -0.3 is 4.90 Å². The molecule has 2 nitrogen and oxygen atoms in total. The van der Waals surface area contributed by atoms with Crippen LogP contribution in [0.15, 0.2) is 18.2 Å². The van der Waals surface area contributed by atoms with Crippen molar-refractivity contribution in [2.45, 2.75) is 52.0 Å². The van der Waals surface area contributed by atoms with E-state index in [1.165, 1.54) is 43.5 Å². The van der Waals surface area contributed by atoms with Gasteiger partial charge in [0.05, 0.1) is 0 Å². The van der Waals surface area contributed by atoms with E-state index < -0.39 is 0 Å². The Kier molecular flexibility index (Phi) is 4.25. The quantitative estimate of drug-likeness (QED) is 0.817. The third-order valence-corrected chi connectivity index (χ3v) is 4.82. The standard InChI is InChI=1S/C19H25NO/c1-3-11-20(12-4-2)16-8-9-17-15(13-16)6-5-14-7-10-18(21)19(14)17/h5-7,10,16H,3-4,8-9,11-13H2,1-2H3/t16-/m1/s1. The van der Waals surface area contributed by atoms with Gasteiger partial charge in [-0.1, -0.05) is 32.1 Å². The van der Waals surface area contributed by atoms with Crippen molar-refractivity contribution in [1.82, 2.24) is 4.90 Å². The lowest BCUT2D eigenvalue weighted by atomic mass is 9.83. The summed E-state index contributed by atoms with van der Waals surface area (Å²) >= 11 is 0. The highest BCUT2D eigenvalue weighted by Gasteiger charge is 2.28. The molecule has 0 unspecified atom stereocenters. The third-order valence-electron chi connectivity index (χ3n) is 4.82. The summed E-state index contributed by atoms with van der Waals surface area (Å²) in [5, 5.41) is 0. The molecule has 0 aromatic heterocycles. The number of nitrogens with zero attached hydrogens (tertiary/aromatic N) is 1. The van der Waals surface area contributed by atoms with Crippen LogP contribution in [0.3, 0.4) is 0 Å². The molecule has 0 heterocycles. The molecule has 0 fully saturated rings. The monoisotopic (exact) mass is 283 g/mol. The number of ketones is 1. The fourth-order valence-corrected chi connectivity index (χ4v) is 3.89. The van der Waals surface area contributed by atoms with Crippen LogP contribution in [0.1, 0.15) is 60.2 Å².